The highest BCUT2D eigenvalue weighted by Crippen LogP contribution is 2.43. The first kappa shape index (κ1) is 18.1. The minimum absolute atomic E-state index is 0.0433. The zero-order chi connectivity index (χ0) is 16.7. The van der Waals surface area contributed by atoms with Gasteiger partial charge in [-0.25, -0.2) is 9.78 Å². The summed E-state index contributed by atoms with van der Waals surface area (Å²) in [4.78, 5) is 23.7. The van der Waals surface area contributed by atoms with Crippen LogP contribution >= 0.6 is 0 Å². The standard InChI is InChI=1S/C18H30O3/c1-15(2,3)13-12-18(16(4,5)6,11-10-14(13)19)21-20-17(7,8)9/h10-12H,1-9H3. The molecule has 0 amide bonds. The molecule has 0 spiro atoms. The summed E-state index contributed by atoms with van der Waals surface area (Å²) in [6, 6.07) is 0. The number of carbonyl (C=O) groups is 1. The molecule has 0 saturated heterocycles. The minimum Gasteiger partial charge on any atom is -0.290 e. The summed E-state index contributed by atoms with van der Waals surface area (Å²) in [7, 11) is 0. The predicted octanol–water partition coefficient (Wildman–Crippen LogP) is 4.63. The average Bonchev–Trinajstić information content (AvgIpc) is 2.24. The van der Waals surface area contributed by atoms with Crippen molar-refractivity contribution in [3.05, 3.63) is 23.8 Å². The number of ketones is 1. The molecule has 1 rings (SSSR count). The lowest BCUT2D eigenvalue weighted by atomic mass is 9.69. The molecule has 1 atom stereocenters. The first-order chi connectivity index (χ1) is 9.18. The van der Waals surface area contributed by atoms with E-state index in [1.807, 2.05) is 53.7 Å². The smallest absolute Gasteiger partial charge is 0.181 e. The Morgan fingerprint density at radius 2 is 1.48 bits per heavy atom. The molecule has 0 aromatic carbocycles. The van der Waals surface area contributed by atoms with Crippen LogP contribution in [0.2, 0.25) is 0 Å². The number of allylic oxidation sites excluding steroid dienone is 2. The Labute approximate surface area is 129 Å². The number of hydrogen-bond donors (Lipinski definition) is 0. The highest BCUT2D eigenvalue weighted by Gasteiger charge is 2.45. The van der Waals surface area contributed by atoms with Gasteiger partial charge in [0.2, 0.25) is 0 Å². The van der Waals surface area contributed by atoms with Gasteiger partial charge in [0, 0.05) is 11.0 Å². The maximum atomic E-state index is 12.2. The molecule has 0 saturated carbocycles. The zero-order valence-electron chi connectivity index (χ0n) is 15.0. The molecule has 0 fully saturated rings. The van der Waals surface area contributed by atoms with Crippen LogP contribution in [0.5, 0.6) is 0 Å². The van der Waals surface area contributed by atoms with Crippen LogP contribution in [-0.2, 0) is 14.6 Å². The van der Waals surface area contributed by atoms with Gasteiger partial charge in [0.05, 0.1) is 5.60 Å². The van der Waals surface area contributed by atoms with Crippen molar-refractivity contribution in [2.24, 2.45) is 10.8 Å². The highest BCUT2D eigenvalue weighted by atomic mass is 17.2. The Hall–Kier alpha value is -0.930. The Bertz CT molecular complexity index is 464. The molecule has 1 aliphatic carbocycles. The van der Waals surface area contributed by atoms with E-state index in [9.17, 15) is 4.79 Å². The van der Waals surface area contributed by atoms with Crippen molar-refractivity contribution < 1.29 is 14.6 Å². The number of rotatable bonds is 2. The van der Waals surface area contributed by atoms with Crippen LogP contribution in [0.4, 0.5) is 0 Å². The van der Waals surface area contributed by atoms with Crippen LogP contribution in [0, 0.1) is 10.8 Å². The van der Waals surface area contributed by atoms with Crippen LogP contribution in [0.3, 0.4) is 0 Å². The van der Waals surface area contributed by atoms with Gasteiger partial charge in [-0.2, -0.15) is 0 Å². The van der Waals surface area contributed by atoms with Gasteiger partial charge >= 0.3 is 0 Å². The second-order valence-electron chi connectivity index (χ2n) is 8.83. The maximum Gasteiger partial charge on any atom is 0.181 e. The number of hydrogen-bond acceptors (Lipinski definition) is 3. The van der Waals surface area contributed by atoms with Gasteiger partial charge in [-0.05, 0) is 44.4 Å². The van der Waals surface area contributed by atoms with Crippen molar-refractivity contribution in [2.75, 3.05) is 0 Å². The molecule has 0 aromatic heterocycles. The van der Waals surface area contributed by atoms with E-state index in [4.69, 9.17) is 9.78 Å². The van der Waals surface area contributed by atoms with Crippen LogP contribution < -0.4 is 0 Å². The molecule has 3 heteroatoms. The quantitative estimate of drug-likeness (QED) is 0.550. The molecule has 21 heavy (non-hydrogen) atoms. The molecule has 0 N–H and O–H groups in total. The molecule has 1 unspecified atom stereocenters. The van der Waals surface area contributed by atoms with Crippen molar-refractivity contribution >= 4 is 5.78 Å². The van der Waals surface area contributed by atoms with Crippen molar-refractivity contribution in [1.82, 2.24) is 0 Å². The first-order valence-electron chi connectivity index (χ1n) is 7.52. The van der Waals surface area contributed by atoms with Gasteiger partial charge in [0.15, 0.2) is 5.78 Å². The second kappa shape index (κ2) is 5.36. The van der Waals surface area contributed by atoms with Crippen molar-refractivity contribution in [3.63, 3.8) is 0 Å². The molecule has 0 aliphatic heterocycles. The molecular weight excluding hydrogens is 264 g/mol. The van der Waals surface area contributed by atoms with E-state index in [2.05, 4.69) is 20.8 Å². The van der Waals surface area contributed by atoms with E-state index in [0.717, 1.165) is 5.57 Å². The third-order valence-electron chi connectivity index (χ3n) is 3.52. The fourth-order valence-electron chi connectivity index (χ4n) is 2.05. The van der Waals surface area contributed by atoms with Gasteiger partial charge in [-0.1, -0.05) is 41.5 Å². The summed E-state index contributed by atoms with van der Waals surface area (Å²) < 4.78 is 0. The van der Waals surface area contributed by atoms with Gasteiger partial charge in [0.25, 0.3) is 0 Å². The van der Waals surface area contributed by atoms with Crippen molar-refractivity contribution in [2.45, 2.75) is 73.5 Å². The highest BCUT2D eigenvalue weighted by molar-refractivity contribution is 6.06. The fraction of sp³-hybridized carbons (Fsp3) is 0.722. The Kier molecular flexibility index (Phi) is 4.63. The van der Waals surface area contributed by atoms with E-state index >= 15 is 0 Å². The monoisotopic (exact) mass is 294 g/mol. The van der Waals surface area contributed by atoms with Crippen LogP contribution in [-0.4, -0.2) is 17.0 Å². The van der Waals surface area contributed by atoms with Gasteiger partial charge < -0.3 is 0 Å². The Morgan fingerprint density at radius 1 is 0.952 bits per heavy atom. The molecule has 0 radical (unpaired) electrons. The van der Waals surface area contributed by atoms with Crippen LogP contribution in [0.1, 0.15) is 62.3 Å². The lowest BCUT2D eigenvalue weighted by Gasteiger charge is -2.43. The topological polar surface area (TPSA) is 35.5 Å². The molecule has 3 nitrogen and oxygen atoms in total. The lowest BCUT2D eigenvalue weighted by Crippen LogP contribution is -2.46. The van der Waals surface area contributed by atoms with E-state index in [1.54, 1.807) is 6.08 Å². The molecule has 0 heterocycles. The Balaban J connectivity index is 3.29. The maximum absolute atomic E-state index is 12.2. The molecule has 120 valence electrons. The largest absolute Gasteiger partial charge is 0.290 e. The summed E-state index contributed by atoms with van der Waals surface area (Å²) in [5, 5.41) is 0. The summed E-state index contributed by atoms with van der Waals surface area (Å²) in [5.74, 6) is 0.0433. The molecule has 0 aromatic rings. The summed E-state index contributed by atoms with van der Waals surface area (Å²) >= 11 is 0. The second-order valence-corrected chi connectivity index (χ2v) is 8.83. The summed E-state index contributed by atoms with van der Waals surface area (Å²) in [6.07, 6.45) is 5.36. The molecular formula is C18H30O3. The van der Waals surface area contributed by atoms with Crippen molar-refractivity contribution in [1.29, 1.82) is 0 Å². The fourth-order valence-corrected chi connectivity index (χ4v) is 2.05. The third-order valence-corrected chi connectivity index (χ3v) is 3.52. The Morgan fingerprint density at radius 3 is 1.86 bits per heavy atom. The van der Waals surface area contributed by atoms with E-state index in [-0.39, 0.29) is 16.6 Å². The lowest BCUT2D eigenvalue weighted by molar-refractivity contribution is -0.398. The van der Waals surface area contributed by atoms with Gasteiger partial charge in [-0.3, -0.25) is 4.79 Å². The summed E-state index contributed by atoms with van der Waals surface area (Å²) in [5.41, 5.74) is -0.882. The first-order valence-corrected chi connectivity index (χ1v) is 7.52. The van der Waals surface area contributed by atoms with Crippen LogP contribution in [0.25, 0.3) is 0 Å². The van der Waals surface area contributed by atoms with Crippen LogP contribution in [0.15, 0.2) is 23.8 Å². The predicted molar refractivity (Wildman–Crippen MR) is 85.8 cm³/mol. The van der Waals surface area contributed by atoms with Crippen molar-refractivity contribution in [3.8, 4) is 0 Å². The average molecular weight is 294 g/mol. The normalized spacial score (nSPS) is 24.2. The van der Waals surface area contributed by atoms with E-state index < -0.39 is 11.2 Å². The molecule has 0 bridgehead atoms. The third kappa shape index (κ3) is 4.27. The van der Waals surface area contributed by atoms with Gasteiger partial charge in [-0.15, -0.1) is 0 Å². The van der Waals surface area contributed by atoms with E-state index in [1.165, 1.54) is 0 Å². The SMILES string of the molecule is CC(C)(C)OOC1(C(C)(C)C)C=CC(=O)C(C(C)(C)C)=C1. The van der Waals surface area contributed by atoms with E-state index in [0.29, 0.717) is 0 Å². The zero-order valence-corrected chi connectivity index (χ0v) is 15.0. The van der Waals surface area contributed by atoms with Gasteiger partial charge in [0.1, 0.15) is 5.60 Å². The minimum atomic E-state index is -0.753. The molecule has 1 aliphatic rings. The number of carbonyl (C=O) groups excluding carboxylic acids is 1. The summed E-state index contributed by atoms with van der Waals surface area (Å²) in [6.45, 7) is 18.2.